The lowest BCUT2D eigenvalue weighted by atomic mass is 10.2. The van der Waals surface area contributed by atoms with E-state index in [0.717, 1.165) is 27.2 Å². The smallest absolute Gasteiger partial charge is 0.339 e. The van der Waals surface area contributed by atoms with Crippen LogP contribution in [0, 0.1) is 5.82 Å². The third-order valence-corrected chi connectivity index (χ3v) is 5.74. The topological polar surface area (TPSA) is 57.0 Å². The van der Waals surface area contributed by atoms with Crippen molar-refractivity contribution in [2.24, 2.45) is 7.05 Å². The number of aryl methyl sites for hydroxylation is 1. The van der Waals surface area contributed by atoms with Crippen molar-refractivity contribution >= 4 is 40.8 Å². The monoisotopic (exact) mass is 433 g/mol. The maximum absolute atomic E-state index is 14.5. The van der Waals surface area contributed by atoms with Gasteiger partial charge in [-0.1, -0.05) is 23.9 Å². The van der Waals surface area contributed by atoms with Crippen molar-refractivity contribution in [3.05, 3.63) is 83.6 Å². The fourth-order valence-electron chi connectivity index (χ4n) is 3.19. The number of rotatable bonds is 6. The van der Waals surface area contributed by atoms with Gasteiger partial charge in [-0.3, -0.25) is 9.67 Å². The zero-order chi connectivity index (χ0) is 21.8. The van der Waals surface area contributed by atoms with E-state index >= 15 is 0 Å². The number of fused-ring (bicyclic) bond motifs is 1. The molecule has 0 N–H and O–H groups in total. The Kier molecular flexibility index (Phi) is 6.13. The largest absolute Gasteiger partial charge is 0.462 e. The zero-order valence-corrected chi connectivity index (χ0v) is 17.9. The van der Waals surface area contributed by atoms with E-state index in [9.17, 15) is 9.18 Å². The lowest BCUT2D eigenvalue weighted by Crippen LogP contribution is -2.07. The highest BCUT2D eigenvalue weighted by atomic mass is 32.2. The molecular formula is C24H20FN3O2S. The number of hydrogen-bond acceptors (Lipinski definition) is 5. The second-order valence-electron chi connectivity index (χ2n) is 6.71. The van der Waals surface area contributed by atoms with Crippen molar-refractivity contribution in [1.29, 1.82) is 0 Å². The highest BCUT2D eigenvalue weighted by Crippen LogP contribution is 2.35. The molecule has 7 heteroatoms. The number of benzene rings is 2. The molecule has 0 saturated carbocycles. The Morgan fingerprint density at radius 2 is 2.03 bits per heavy atom. The van der Waals surface area contributed by atoms with Crippen LogP contribution in [-0.2, 0) is 11.8 Å². The van der Waals surface area contributed by atoms with Crippen LogP contribution in [0.1, 0.15) is 28.7 Å². The zero-order valence-electron chi connectivity index (χ0n) is 17.1. The van der Waals surface area contributed by atoms with E-state index in [1.54, 1.807) is 23.9 Å². The average molecular weight is 434 g/mol. The highest BCUT2D eigenvalue weighted by molar-refractivity contribution is 7.99. The van der Waals surface area contributed by atoms with Crippen molar-refractivity contribution in [3.63, 3.8) is 0 Å². The number of carbonyl (C=O) groups is 1. The Labute approximate surface area is 183 Å². The first-order valence-electron chi connectivity index (χ1n) is 9.76. The Hall–Kier alpha value is -3.45. The minimum absolute atomic E-state index is 0.218. The maximum atomic E-state index is 14.5. The van der Waals surface area contributed by atoms with Gasteiger partial charge in [0.15, 0.2) is 0 Å². The third kappa shape index (κ3) is 4.51. The summed E-state index contributed by atoms with van der Waals surface area (Å²) in [4.78, 5) is 17.6. The molecule has 0 aliphatic heterocycles. The number of esters is 1. The fraction of sp³-hybridized carbons (Fsp3) is 0.125. The Balaban J connectivity index is 1.67. The number of hydrogen-bond donors (Lipinski definition) is 0. The number of aromatic nitrogens is 3. The molecule has 0 unspecified atom stereocenters. The van der Waals surface area contributed by atoms with Gasteiger partial charge in [0.05, 0.1) is 34.0 Å². The molecule has 2 heterocycles. The van der Waals surface area contributed by atoms with Crippen molar-refractivity contribution in [2.45, 2.75) is 16.7 Å². The van der Waals surface area contributed by atoms with E-state index in [2.05, 4.69) is 10.1 Å². The molecule has 4 rings (SSSR count). The predicted octanol–water partition coefficient (Wildman–Crippen LogP) is 5.61. The van der Waals surface area contributed by atoms with E-state index in [0.29, 0.717) is 0 Å². The summed E-state index contributed by atoms with van der Waals surface area (Å²) in [5, 5.41) is 5.56. The van der Waals surface area contributed by atoms with Gasteiger partial charge in [0.25, 0.3) is 0 Å². The molecule has 0 bridgehead atoms. The summed E-state index contributed by atoms with van der Waals surface area (Å²) >= 11 is 1.19. The van der Waals surface area contributed by atoms with E-state index in [-0.39, 0.29) is 17.1 Å². The van der Waals surface area contributed by atoms with Crippen LogP contribution in [0.3, 0.4) is 0 Å². The molecule has 0 aliphatic rings. The van der Waals surface area contributed by atoms with Crippen molar-refractivity contribution in [3.8, 4) is 0 Å². The second-order valence-corrected chi connectivity index (χ2v) is 7.80. The first-order chi connectivity index (χ1) is 15.1. The molecule has 0 atom stereocenters. The Bertz CT molecular complexity index is 1270. The van der Waals surface area contributed by atoms with E-state index < -0.39 is 11.8 Å². The fourth-order valence-corrected chi connectivity index (χ4v) is 4.16. The molecule has 4 aromatic rings. The molecule has 0 aliphatic carbocycles. The second kappa shape index (κ2) is 9.14. The normalized spacial score (nSPS) is 11.3. The van der Waals surface area contributed by atoms with Gasteiger partial charge >= 0.3 is 5.97 Å². The highest BCUT2D eigenvalue weighted by Gasteiger charge is 2.18. The average Bonchev–Trinajstić information content (AvgIpc) is 3.09. The summed E-state index contributed by atoms with van der Waals surface area (Å²) in [5.74, 6) is -0.993. The van der Waals surface area contributed by atoms with Crippen LogP contribution in [0.15, 0.2) is 70.6 Å². The lowest BCUT2D eigenvalue weighted by Gasteiger charge is -2.10. The van der Waals surface area contributed by atoms with Crippen LogP contribution >= 0.6 is 11.8 Å². The Morgan fingerprint density at radius 1 is 1.16 bits per heavy atom. The molecule has 0 radical (unpaired) electrons. The van der Waals surface area contributed by atoms with Crippen molar-refractivity contribution in [1.82, 2.24) is 14.8 Å². The summed E-state index contributed by atoms with van der Waals surface area (Å²) in [6.07, 6.45) is 5.58. The molecule has 0 fully saturated rings. The van der Waals surface area contributed by atoms with Gasteiger partial charge in [0, 0.05) is 23.5 Å². The maximum Gasteiger partial charge on any atom is 0.339 e. The Morgan fingerprint density at radius 3 is 2.81 bits per heavy atom. The molecule has 0 spiro atoms. The van der Waals surface area contributed by atoms with Gasteiger partial charge in [0.2, 0.25) is 0 Å². The molecular weight excluding hydrogens is 413 g/mol. The summed E-state index contributed by atoms with van der Waals surface area (Å²) in [5.41, 5.74) is 2.79. The van der Waals surface area contributed by atoms with E-state index in [1.165, 1.54) is 23.9 Å². The number of halogens is 1. The predicted molar refractivity (Wildman–Crippen MR) is 120 cm³/mol. The van der Waals surface area contributed by atoms with Crippen LogP contribution in [0.5, 0.6) is 0 Å². The summed E-state index contributed by atoms with van der Waals surface area (Å²) in [7, 11) is 1.86. The van der Waals surface area contributed by atoms with E-state index in [1.807, 2.05) is 55.6 Å². The van der Waals surface area contributed by atoms with Crippen molar-refractivity contribution < 1.29 is 13.9 Å². The molecule has 5 nitrogen and oxygen atoms in total. The first kappa shape index (κ1) is 20.8. The minimum atomic E-state index is -0.534. The van der Waals surface area contributed by atoms with Gasteiger partial charge in [-0.05, 0) is 61.5 Å². The molecule has 0 amide bonds. The number of nitrogens with zero attached hydrogens (tertiary/aromatic N) is 3. The quantitative estimate of drug-likeness (QED) is 0.370. The molecule has 2 aromatic heterocycles. The van der Waals surface area contributed by atoms with Crippen LogP contribution in [0.2, 0.25) is 0 Å². The molecule has 156 valence electrons. The lowest BCUT2D eigenvalue weighted by molar-refractivity contribution is 0.0521. The summed E-state index contributed by atoms with van der Waals surface area (Å²) < 4.78 is 21.4. The molecule has 31 heavy (non-hydrogen) atoms. The van der Waals surface area contributed by atoms with Gasteiger partial charge in [0.1, 0.15) is 5.82 Å². The van der Waals surface area contributed by atoms with Crippen LogP contribution in [0.25, 0.3) is 23.1 Å². The third-order valence-electron chi connectivity index (χ3n) is 4.63. The summed E-state index contributed by atoms with van der Waals surface area (Å²) in [6, 6.07) is 15.9. The first-order valence-corrected chi connectivity index (χ1v) is 10.6. The van der Waals surface area contributed by atoms with Gasteiger partial charge in [-0.25, -0.2) is 9.18 Å². The molecule has 0 saturated heterocycles. The summed E-state index contributed by atoms with van der Waals surface area (Å²) in [6.45, 7) is 1.95. The van der Waals surface area contributed by atoms with Gasteiger partial charge < -0.3 is 4.74 Å². The SMILES string of the molecule is CCOC(=O)c1cccc(F)c1Sc1ccc2c(/C=C/c3ccccn3)nn(C)c2c1. The van der Waals surface area contributed by atoms with Crippen LogP contribution in [0.4, 0.5) is 4.39 Å². The number of pyridine rings is 1. The van der Waals surface area contributed by atoms with Gasteiger partial charge in [-0.15, -0.1) is 0 Å². The molecule has 2 aromatic carbocycles. The van der Waals surface area contributed by atoms with Crippen molar-refractivity contribution in [2.75, 3.05) is 6.61 Å². The van der Waals surface area contributed by atoms with Crippen LogP contribution in [-0.4, -0.2) is 27.3 Å². The number of carbonyl (C=O) groups excluding carboxylic acids is 1. The van der Waals surface area contributed by atoms with Crippen LogP contribution < -0.4 is 0 Å². The number of ether oxygens (including phenoxy) is 1. The van der Waals surface area contributed by atoms with E-state index in [4.69, 9.17) is 4.74 Å². The van der Waals surface area contributed by atoms with Gasteiger partial charge in [-0.2, -0.15) is 5.10 Å². The minimum Gasteiger partial charge on any atom is -0.462 e. The standard InChI is InChI=1S/C24H20FN3O2S/c1-3-30-24(29)19-8-6-9-20(25)23(19)31-17-11-12-18-21(27-28(2)22(18)15-17)13-10-16-7-4-5-14-26-16/h4-15H,3H2,1-2H3/b13-10+.